The Hall–Kier alpha value is -1.14. The lowest BCUT2D eigenvalue weighted by Crippen LogP contribution is -2.43. The van der Waals surface area contributed by atoms with Gasteiger partial charge in [-0.05, 0) is 31.1 Å². The van der Waals surface area contributed by atoms with Crippen molar-refractivity contribution in [2.45, 2.75) is 32.2 Å². The number of likely N-dealkylation sites (N-methyl/N-ethyl adjacent to an activating group) is 1. The normalized spacial score (nSPS) is 28.4. The molecule has 21 heavy (non-hydrogen) atoms. The van der Waals surface area contributed by atoms with Crippen molar-refractivity contribution in [3.05, 3.63) is 0 Å². The number of nitrogens with two attached hydrogens (primary N) is 1. The highest BCUT2D eigenvalue weighted by Gasteiger charge is 2.41. The SMILES string of the molecule is CCCNC(=O)CN(C)C(=O)CN1CC2CCC(N)C2C1. The van der Waals surface area contributed by atoms with Crippen molar-refractivity contribution < 1.29 is 9.59 Å². The highest BCUT2D eigenvalue weighted by atomic mass is 16.2. The van der Waals surface area contributed by atoms with Crippen molar-refractivity contribution >= 4 is 11.8 Å². The summed E-state index contributed by atoms with van der Waals surface area (Å²) >= 11 is 0. The zero-order valence-corrected chi connectivity index (χ0v) is 13.2. The van der Waals surface area contributed by atoms with Crippen LogP contribution in [-0.4, -0.2) is 67.4 Å². The Bertz CT molecular complexity index is 388. The van der Waals surface area contributed by atoms with Crippen LogP contribution < -0.4 is 11.1 Å². The monoisotopic (exact) mass is 296 g/mol. The Morgan fingerprint density at radius 1 is 1.33 bits per heavy atom. The fourth-order valence-corrected chi connectivity index (χ4v) is 3.46. The second-order valence-electron chi connectivity index (χ2n) is 6.46. The first-order valence-corrected chi connectivity index (χ1v) is 7.99. The van der Waals surface area contributed by atoms with Crippen molar-refractivity contribution in [2.24, 2.45) is 17.6 Å². The molecule has 1 heterocycles. The molecular formula is C15H28N4O2. The van der Waals surface area contributed by atoms with E-state index in [2.05, 4.69) is 10.2 Å². The highest BCUT2D eigenvalue weighted by Crippen LogP contribution is 2.36. The van der Waals surface area contributed by atoms with Crippen molar-refractivity contribution in [1.29, 1.82) is 0 Å². The second kappa shape index (κ2) is 7.22. The van der Waals surface area contributed by atoms with Gasteiger partial charge >= 0.3 is 0 Å². The molecule has 0 aromatic carbocycles. The third kappa shape index (κ3) is 4.17. The number of rotatable bonds is 6. The molecule has 2 fully saturated rings. The topological polar surface area (TPSA) is 78.7 Å². The molecule has 2 amide bonds. The standard InChI is InChI=1S/C15H28N4O2/c1-3-6-17-14(20)9-18(2)15(21)10-19-7-11-4-5-13(16)12(11)8-19/h11-13H,3-10,16H2,1-2H3,(H,17,20). The Morgan fingerprint density at radius 2 is 2.10 bits per heavy atom. The van der Waals surface area contributed by atoms with Gasteiger partial charge in [0, 0.05) is 32.7 Å². The van der Waals surface area contributed by atoms with Crippen LogP contribution in [0.25, 0.3) is 0 Å². The molecule has 2 aliphatic rings. The van der Waals surface area contributed by atoms with E-state index in [1.165, 1.54) is 11.3 Å². The predicted molar refractivity (Wildman–Crippen MR) is 81.6 cm³/mol. The first-order valence-electron chi connectivity index (χ1n) is 7.99. The van der Waals surface area contributed by atoms with Crippen LogP contribution >= 0.6 is 0 Å². The van der Waals surface area contributed by atoms with Crippen LogP contribution in [0.3, 0.4) is 0 Å². The lowest BCUT2D eigenvalue weighted by atomic mass is 9.98. The van der Waals surface area contributed by atoms with Gasteiger partial charge in [-0.3, -0.25) is 14.5 Å². The number of hydrogen-bond donors (Lipinski definition) is 2. The number of fused-ring (bicyclic) bond motifs is 1. The summed E-state index contributed by atoms with van der Waals surface area (Å²) in [5.74, 6) is 1.13. The number of carbonyl (C=O) groups is 2. The molecule has 1 saturated carbocycles. The molecule has 1 saturated heterocycles. The summed E-state index contributed by atoms with van der Waals surface area (Å²) in [6.07, 6.45) is 3.21. The molecule has 1 aliphatic heterocycles. The van der Waals surface area contributed by atoms with Crippen molar-refractivity contribution in [3.8, 4) is 0 Å². The quantitative estimate of drug-likeness (QED) is 0.701. The van der Waals surface area contributed by atoms with Gasteiger partial charge in [0.25, 0.3) is 0 Å². The van der Waals surface area contributed by atoms with Crippen molar-refractivity contribution in [2.75, 3.05) is 39.8 Å². The second-order valence-corrected chi connectivity index (χ2v) is 6.46. The molecular weight excluding hydrogens is 268 g/mol. The molecule has 3 N–H and O–H groups in total. The minimum absolute atomic E-state index is 0.00944. The van der Waals surface area contributed by atoms with Gasteiger partial charge in [0.05, 0.1) is 13.1 Å². The average Bonchev–Trinajstić information content (AvgIpc) is 2.98. The van der Waals surface area contributed by atoms with Crippen LogP contribution in [0.4, 0.5) is 0 Å². The average molecular weight is 296 g/mol. The largest absolute Gasteiger partial charge is 0.355 e. The summed E-state index contributed by atoms with van der Waals surface area (Å²) in [6.45, 7) is 5.10. The predicted octanol–water partition coefficient (Wildman–Crippen LogP) is -0.360. The summed E-state index contributed by atoms with van der Waals surface area (Å²) in [5.41, 5.74) is 6.11. The third-order valence-corrected chi connectivity index (χ3v) is 4.73. The van der Waals surface area contributed by atoms with E-state index in [0.717, 1.165) is 25.9 Å². The van der Waals surface area contributed by atoms with Gasteiger partial charge < -0.3 is 16.0 Å². The summed E-state index contributed by atoms with van der Waals surface area (Å²) in [6, 6.07) is 0.299. The number of nitrogens with one attached hydrogen (secondary N) is 1. The van der Waals surface area contributed by atoms with Crippen LogP contribution in [-0.2, 0) is 9.59 Å². The van der Waals surface area contributed by atoms with Crippen LogP contribution in [0.15, 0.2) is 0 Å². The van der Waals surface area contributed by atoms with Crippen LogP contribution in [0.5, 0.6) is 0 Å². The minimum Gasteiger partial charge on any atom is -0.355 e. The molecule has 120 valence electrons. The number of hydrogen-bond acceptors (Lipinski definition) is 4. The minimum atomic E-state index is -0.0898. The first kappa shape index (κ1) is 16.2. The first-order chi connectivity index (χ1) is 10.0. The van der Waals surface area contributed by atoms with E-state index >= 15 is 0 Å². The summed E-state index contributed by atoms with van der Waals surface area (Å²) in [5, 5.41) is 2.79. The molecule has 0 bridgehead atoms. The molecule has 2 rings (SSSR count). The number of nitrogens with zero attached hydrogens (tertiary/aromatic N) is 2. The van der Waals surface area contributed by atoms with Gasteiger partial charge in [-0.1, -0.05) is 6.92 Å². The maximum atomic E-state index is 12.2. The molecule has 0 aromatic heterocycles. The smallest absolute Gasteiger partial charge is 0.239 e. The van der Waals surface area contributed by atoms with E-state index in [1.54, 1.807) is 7.05 Å². The van der Waals surface area contributed by atoms with Gasteiger partial charge in [0.1, 0.15) is 0 Å². The molecule has 1 aliphatic carbocycles. The number of amides is 2. The maximum absolute atomic E-state index is 12.2. The molecule has 0 aromatic rings. The van der Waals surface area contributed by atoms with Crippen LogP contribution in [0, 0.1) is 11.8 Å². The fourth-order valence-electron chi connectivity index (χ4n) is 3.46. The molecule has 6 heteroatoms. The summed E-state index contributed by atoms with van der Waals surface area (Å²) in [7, 11) is 1.69. The lowest BCUT2D eigenvalue weighted by molar-refractivity contribution is -0.135. The Morgan fingerprint density at radius 3 is 2.76 bits per heavy atom. The summed E-state index contributed by atoms with van der Waals surface area (Å²) < 4.78 is 0. The van der Waals surface area contributed by atoms with E-state index in [0.29, 0.717) is 31.0 Å². The fraction of sp³-hybridized carbons (Fsp3) is 0.867. The van der Waals surface area contributed by atoms with E-state index < -0.39 is 0 Å². The molecule has 0 radical (unpaired) electrons. The van der Waals surface area contributed by atoms with Gasteiger partial charge in [0.15, 0.2) is 0 Å². The van der Waals surface area contributed by atoms with Gasteiger partial charge in [-0.25, -0.2) is 0 Å². The van der Waals surface area contributed by atoms with E-state index in [1.807, 2.05) is 6.92 Å². The highest BCUT2D eigenvalue weighted by molar-refractivity contribution is 5.85. The Labute approximate surface area is 127 Å². The van der Waals surface area contributed by atoms with Gasteiger partial charge in [-0.2, -0.15) is 0 Å². The van der Waals surface area contributed by atoms with Crippen LogP contribution in [0.2, 0.25) is 0 Å². The molecule has 6 nitrogen and oxygen atoms in total. The van der Waals surface area contributed by atoms with Crippen molar-refractivity contribution in [3.63, 3.8) is 0 Å². The number of carbonyl (C=O) groups excluding carboxylic acids is 2. The third-order valence-electron chi connectivity index (χ3n) is 4.73. The van der Waals surface area contributed by atoms with E-state index in [4.69, 9.17) is 5.73 Å². The molecule has 3 atom stereocenters. The zero-order chi connectivity index (χ0) is 15.4. The lowest BCUT2D eigenvalue weighted by Gasteiger charge is -2.22. The molecule has 0 spiro atoms. The van der Waals surface area contributed by atoms with E-state index in [-0.39, 0.29) is 18.4 Å². The van der Waals surface area contributed by atoms with Gasteiger partial charge in [0.2, 0.25) is 11.8 Å². The Kier molecular flexibility index (Phi) is 5.58. The number of likely N-dealkylation sites (tertiary alicyclic amines) is 1. The van der Waals surface area contributed by atoms with Crippen LogP contribution in [0.1, 0.15) is 26.2 Å². The zero-order valence-electron chi connectivity index (χ0n) is 13.2. The summed E-state index contributed by atoms with van der Waals surface area (Å²) in [4.78, 5) is 27.5. The molecule has 3 unspecified atom stereocenters. The van der Waals surface area contributed by atoms with Crippen molar-refractivity contribution in [1.82, 2.24) is 15.1 Å². The van der Waals surface area contributed by atoms with E-state index in [9.17, 15) is 9.59 Å². The Balaban J connectivity index is 1.73. The van der Waals surface area contributed by atoms with Gasteiger partial charge in [-0.15, -0.1) is 0 Å². The maximum Gasteiger partial charge on any atom is 0.239 e.